The Bertz CT molecular complexity index is 786. The molecule has 0 spiro atoms. The highest BCUT2D eigenvalue weighted by atomic mass is 16.7. The van der Waals surface area contributed by atoms with E-state index in [0.29, 0.717) is 23.3 Å². The van der Waals surface area contributed by atoms with Gasteiger partial charge in [0.1, 0.15) is 0 Å². The topological polar surface area (TPSA) is 65.0 Å². The molecule has 0 saturated carbocycles. The second kappa shape index (κ2) is 10.3. The number of methoxy groups -OCH3 is 1. The van der Waals surface area contributed by atoms with Crippen LogP contribution in [0.1, 0.15) is 72.6 Å². The van der Waals surface area contributed by atoms with Crippen molar-refractivity contribution in [2.24, 2.45) is 11.3 Å². The molecule has 0 aromatic heterocycles. The highest BCUT2D eigenvalue weighted by Gasteiger charge is 2.35. The second-order valence-electron chi connectivity index (χ2n) is 9.80. The molecule has 1 N–H and O–H groups in total. The van der Waals surface area contributed by atoms with Gasteiger partial charge in [-0.2, -0.15) is 0 Å². The van der Waals surface area contributed by atoms with Gasteiger partial charge in [0.2, 0.25) is 6.29 Å². The average molecular weight is 431 g/mol. The first-order valence-electron chi connectivity index (χ1n) is 11.5. The van der Waals surface area contributed by atoms with Crippen molar-refractivity contribution in [2.75, 3.05) is 7.11 Å². The van der Waals surface area contributed by atoms with E-state index in [0.717, 1.165) is 24.8 Å². The summed E-state index contributed by atoms with van der Waals surface area (Å²) in [5.41, 5.74) is 4.96. The van der Waals surface area contributed by atoms with Crippen molar-refractivity contribution in [3.05, 3.63) is 46.6 Å². The smallest absolute Gasteiger partial charge is 0.333 e. The van der Waals surface area contributed by atoms with Gasteiger partial charge >= 0.3 is 5.97 Å². The van der Waals surface area contributed by atoms with Crippen LogP contribution in [0, 0.1) is 11.3 Å². The van der Waals surface area contributed by atoms with Crippen LogP contribution in [-0.2, 0) is 19.0 Å². The van der Waals surface area contributed by atoms with E-state index in [2.05, 4.69) is 45.9 Å². The van der Waals surface area contributed by atoms with Crippen molar-refractivity contribution >= 4 is 5.97 Å². The van der Waals surface area contributed by atoms with Crippen LogP contribution >= 0.6 is 0 Å². The summed E-state index contributed by atoms with van der Waals surface area (Å²) < 4.78 is 16.3. The molecular formula is C26H38O5. The first-order valence-corrected chi connectivity index (χ1v) is 11.5. The minimum absolute atomic E-state index is 0.392. The van der Waals surface area contributed by atoms with E-state index in [1.54, 1.807) is 12.7 Å². The van der Waals surface area contributed by atoms with Crippen LogP contribution in [-0.4, -0.2) is 36.9 Å². The Morgan fingerprint density at radius 1 is 1.35 bits per heavy atom. The largest absolute Gasteiger partial charge is 0.429 e. The SMILES string of the molecule is COC1OC(C2=CC(=O)OC2O)CC=C1CCC=C(C)CCC1C(C)=CCCC1(C)C. The molecular weight excluding hydrogens is 392 g/mol. The number of carbonyl (C=O) groups excluding carboxylic acids is 1. The van der Waals surface area contributed by atoms with Crippen LogP contribution in [0.2, 0.25) is 0 Å². The Labute approximate surface area is 186 Å². The van der Waals surface area contributed by atoms with Gasteiger partial charge in [-0.15, -0.1) is 0 Å². The standard InChI is InChI=1S/C26H38O5/c1-17(11-13-21-18(2)9-7-15-26(21,3)4)8-6-10-19-12-14-22(30-25(19)29-5)20-16-23(27)31-24(20)28/h8-9,12,16,21-22,24-25,28H,6-7,10-11,13-15H2,1-5H3. The second-order valence-corrected chi connectivity index (χ2v) is 9.80. The molecule has 172 valence electrons. The van der Waals surface area contributed by atoms with E-state index in [1.807, 2.05) is 0 Å². The maximum absolute atomic E-state index is 11.4. The molecule has 0 radical (unpaired) electrons. The van der Waals surface area contributed by atoms with Crippen molar-refractivity contribution in [3.63, 3.8) is 0 Å². The summed E-state index contributed by atoms with van der Waals surface area (Å²) >= 11 is 0. The summed E-state index contributed by atoms with van der Waals surface area (Å²) in [6.07, 6.45) is 13.3. The van der Waals surface area contributed by atoms with Crippen molar-refractivity contribution < 1.29 is 24.1 Å². The molecule has 31 heavy (non-hydrogen) atoms. The predicted octanol–water partition coefficient (Wildman–Crippen LogP) is 5.37. The highest BCUT2D eigenvalue weighted by Crippen LogP contribution is 2.43. The van der Waals surface area contributed by atoms with Gasteiger partial charge in [-0.05, 0) is 75.7 Å². The van der Waals surface area contributed by atoms with Crippen LogP contribution in [0.25, 0.3) is 0 Å². The van der Waals surface area contributed by atoms with Gasteiger partial charge in [-0.25, -0.2) is 4.79 Å². The number of allylic oxidation sites excluding steroid dienone is 4. The molecule has 0 bridgehead atoms. The Kier molecular flexibility index (Phi) is 7.95. The zero-order valence-corrected chi connectivity index (χ0v) is 19.6. The fraction of sp³-hybridized carbons (Fsp3) is 0.654. The van der Waals surface area contributed by atoms with E-state index in [-0.39, 0.29) is 0 Å². The minimum atomic E-state index is -1.22. The number of esters is 1. The van der Waals surface area contributed by atoms with Gasteiger partial charge in [0.25, 0.3) is 0 Å². The van der Waals surface area contributed by atoms with Crippen molar-refractivity contribution in [1.82, 2.24) is 0 Å². The van der Waals surface area contributed by atoms with Gasteiger partial charge in [0, 0.05) is 18.8 Å². The van der Waals surface area contributed by atoms with Crippen molar-refractivity contribution in [2.45, 2.75) is 91.3 Å². The number of aliphatic hydroxyl groups excluding tert-OH is 1. The molecule has 0 amide bonds. The first kappa shape index (κ1) is 24.0. The lowest BCUT2D eigenvalue weighted by atomic mass is 9.67. The number of hydrogen-bond acceptors (Lipinski definition) is 5. The Morgan fingerprint density at radius 2 is 2.13 bits per heavy atom. The van der Waals surface area contributed by atoms with Gasteiger partial charge in [0.15, 0.2) is 6.29 Å². The van der Waals surface area contributed by atoms with Crippen LogP contribution in [0.3, 0.4) is 0 Å². The van der Waals surface area contributed by atoms with Crippen LogP contribution in [0.15, 0.2) is 46.6 Å². The van der Waals surface area contributed by atoms with Gasteiger partial charge in [-0.1, -0.05) is 43.2 Å². The van der Waals surface area contributed by atoms with Crippen LogP contribution < -0.4 is 0 Å². The molecule has 0 saturated heterocycles. The summed E-state index contributed by atoms with van der Waals surface area (Å²) in [4.78, 5) is 11.4. The number of cyclic esters (lactones) is 1. The quantitative estimate of drug-likeness (QED) is 0.414. The Balaban J connectivity index is 1.51. The third-order valence-electron chi connectivity index (χ3n) is 7.07. The summed E-state index contributed by atoms with van der Waals surface area (Å²) in [6.45, 7) is 9.34. The Hall–Kier alpha value is -1.69. The molecule has 2 aliphatic heterocycles. The molecule has 0 aromatic carbocycles. The van der Waals surface area contributed by atoms with Gasteiger partial charge in [-0.3, -0.25) is 0 Å². The molecule has 0 aromatic rings. The predicted molar refractivity (Wildman–Crippen MR) is 121 cm³/mol. The lowest BCUT2D eigenvalue weighted by Crippen LogP contribution is -2.33. The molecule has 5 heteroatoms. The molecule has 3 aliphatic rings. The maximum Gasteiger partial charge on any atom is 0.333 e. The minimum Gasteiger partial charge on any atom is -0.429 e. The number of ether oxygens (including phenoxy) is 3. The number of hydrogen-bond donors (Lipinski definition) is 1. The summed E-state index contributed by atoms with van der Waals surface area (Å²) in [5.74, 6) is 0.141. The van der Waals surface area contributed by atoms with Crippen LogP contribution in [0.5, 0.6) is 0 Å². The molecule has 4 atom stereocenters. The van der Waals surface area contributed by atoms with Crippen LogP contribution in [0.4, 0.5) is 0 Å². The highest BCUT2D eigenvalue weighted by molar-refractivity contribution is 5.85. The average Bonchev–Trinajstić information content (AvgIpc) is 3.05. The van der Waals surface area contributed by atoms with Gasteiger partial charge in [0.05, 0.1) is 6.10 Å². The lowest BCUT2D eigenvalue weighted by molar-refractivity contribution is -0.157. The van der Waals surface area contributed by atoms with E-state index >= 15 is 0 Å². The fourth-order valence-corrected chi connectivity index (χ4v) is 5.14. The van der Waals surface area contributed by atoms with Crippen molar-refractivity contribution in [1.29, 1.82) is 0 Å². The third kappa shape index (κ3) is 5.97. The number of rotatable bonds is 8. The van der Waals surface area contributed by atoms with E-state index in [1.165, 1.54) is 30.9 Å². The molecule has 3 rings (SSSR count). The van der Waals surface area contributed by atoms with E-state index in [4.69, 9.17) is 14.2 Å². The molecule has 0 fully saturated rings. The Morgan fingerprint density at radius 3 is 2.77 bits per heavy atom. The zero-order chi connectivity index (χ0) is 22.6. The normalized spacial score (nSPS) is 31.1. The third-order valence-corrected chi connectivity index (χ3v) is 7.07. The number of carbonyl (C=O) groups is 1. The lowest BCUT2D eigenvalue weighted by Gasteiger charge is -2.38. The molecule has 5 nitrogen and oxygen atoms in total. The maximum atomic E-state index is 11.4. The zero-order valence-electron chi connectivity index (χ0n) is 19.6. The summed E-state index contributed by atoms with van der Waals surface area (Å²) in [7, 11) is 1.62. The molecule has 1 aliphatic carbocycles. The van der Waals surface area contributed by atoms with Crippen molar-refractivity contribution in [3.8, 4) is 0 Å². The fourth-order valence-electron chi connectivity index (χ4n) is 5.14. The molecule has 2 heterocycles. The molecule has 4 unspecified atom stereocenters. The van der Waals surface area contributed by atoms with E-state index < -0.39 is 24.7 Å². The van der Waals surface area contributed by atoms with Gasteiger partial charge < -0.3 is 19.3 Å². The monoisotopic (exact) mass is 430 g/mol. The summed E-state index contributed by atoms with van der Waals surface area (Å²) in [6, 6.07) is 0. The number of aliphatic hydroxyl groups is 1. The van der Waals surface area contributed by atoms with E-state index in [9.17, 15) is 9.90 Å². The first-order chi connectivity index (χ1) is 14.7. The summed E-state index contributed by atoms with van der Waals surface area (Å²) in [5, 5.41) is 9.87.